The van der Waals surface area contributed by atoms with E-state index in [1.807, 2.05) is 13.0 Å². The predicted molar refractivity (Wildman–Crippen MR) is 88.0 cm³/mol. The largest absolute Gasteiger partial charge is 0.369 e. The van der Waals surface area contributed by atoms with E-state index in [4.69, 9.17) is 5.73 Å². The normalized spacial score (nSPS) is 12.5. The number of carbonyl (C=O) groups excluding carboxylic acids is 1. The first kappa shape index (κ1) is 15.8. The summed E-state index contributed by atoms with van der Waals surface area (Å²) in [7, 11) is 0. The number of thiophene rings is 1. The van der Waals surface area contributed by atoms with E-state index in [1.54, 1.807) is 13.0 Å². The molecule has 1 amide bonds. The molecule has 0 fully saturated rings. The number of aromatic nitrogens is 2. The third-order valence-electron chi connectivity index (χ3n) is 3.01. The van der Waals surface area contributed by atoms with Gasteiger partial charge in [-0.2, -0.15) is 0 Å². The number of nitrogens with two attached hydrogens (primary N) is 1. The van der Waals surface area contributed by atoms with Gasteiger partial charge in [0.05, 0.1) is 10.6 Å². The summed E-state index contributed by atoms with van der Waals surface area (Å²) in [6, 6.07) is 1.89. The van der Waals surface area contributed by atoms with E-state index in [9.17, 15) is 9.59 Å². The van der Waals surface area contributed by atoms with Crippen molar-refractivity contribution in [3.63, 3.8) is 0 Å². The maximum atomic E-state index is 12.6. The summed E-state index contributed by atoms with van der Waals surface area (Å²) < 4.78 is 1.53. The summed E-state index contributed by atoms with van der Waals surface area (Å²) in [6.45, 7) is 7.76. The van der Waals surface area contributed by atoms with Crippen LogP contribution in [0.2, 0.25) is 0 Å². The molecular formula is C14H17N3O2S2. The molecule has 1 atom stereocenters. The molecule has 2 N–H and O–H groups in total. The minimum atomic E-state index is -0.448. The average molecular weight is 323 g/mol. The molecule has 0 aromatic carbocycles. The van der Waals surface area contributed by atoms with Crippen molar-refractivity contribution < 1.29 is 4.79 Å². The number of aryl methyl sites for hydroxylation is 1. The van der Waals surface area contributed by atoms with Crippen LogP contribution in [0.3, 0.4) is 0 Å². The van der Waals surface area contributed by atoms with Gasteiger partial charge in [-0.25, -0.2) is 4.98 Å². The lowest BCUT2D eigenvalue weighted by molar-refractivity contribution is -0.117. The Balaban J connectivity index is 2.61. The van der Waals surface area contributed by atoms with Crippen molar-refractivity contribution in [2.24, 2.45) is 5.73 Å². The maximum Gasteiger partial charge on any atom is 0.263 e. The summed E-state index contributed by atoms with van der Waals surface area (Å²) in [5, 5.41) is 0.675. The molecule has 5 nitrogen and oxygen atoms in total. The van der Waals surface area contributed by atoms with E-state index in [0.29, 0.717) is 21.9 Å². The Kier molecular flexibility index (Phi) is 4.84. The SMILES string of the molecule is C=CCn1c(S[C@H](C)C(N)=O)nc2sc(CC)cc2c1=O. The molecule has 2 aromatic rings. The van der Waals surface area contributed by atoms with Crippen molar-refractivity contribution in [3.8, 4) is 0 Å². The molecule has 0 radical (unpaired) electrons. The number of primary amides is 1. The number of carbonyl (C=O) groups is 1. The van der Waals surface area contributed by atoms with E-state index in [0.717, 1.165) is 11.3 Å². The summed E-state index contributed by atoms with van der Waals surface area (Å²) in [5.41, 5.74) is 5.19. The first-order chi connectivity index (χ1) is 9.97. The maximum absolute atomic E-state index is 12.6. The Bertz CT molecular complexity index is 748. The number of amides is 1. The van der Waals surface area contributed by atoms with Gasteiger partial charge in [0.2, 0.25) is 5.91 Å². The minimum Gasteiger partial charge on any atom is -0.369 e. The fourth-order valence-corrected chi connectivity index (χ4v) is 3.69. The van der Waals surface area contributed by atoms with Gasteiger partial charge in [0, 0.05) is 11.4 Å². The smallest absolute Gasteiger partial charge is 0.263 e. The van der Waals surface area contributed by atoms with E-state index < -0.39 is 11.2 Å². The van der Waals surface area contributed by atoms with E-state index in [-0.39, 0.29) is 5.56 Å². The topological polar surface area (TPSA) is 78.0 Å². The van der Waals surface area contributed by atoms with E-state index in [2.05, 4.69) is 11.6 Å². The lowest BCUT2D eigenvalue weighted by atomic mass is 10.3. The Morgan fingerprint density at radius 2 is 2.38 bits per heavy atom. The Morgan fingerprint density at radius 1 is 1.67 bits per heavy atom. The van der Waals surface area contributed by atoms with Gasteiger partial charge in [-0.3, -0.25) is 14.2 Å². The molecule has 0 aliphatic heterocycles. The van der Waals surface area contributed by atoms with Crippen LogP contribution >= 0.6 is 23.1 Å². The van der Waals surface area contributed by atoms with Gasteiger partial charge in [-0.15, -0.1) is 17.9 Å². The molecular weight excluding hydrogens is 306 g/mol. The lowest BCUT2D eigenvalue weighted by Gasteiger charge is -2.12. The van der Waals surface area contributed by atoms with Crippen LogP contribution in [0.4, 0.5) is 0 Å². The van der Waals surface area contributed by atoms with Crippen molar-refractivity contribution in [2.45, 2.75) is 37.2 Å². The lowest BCUT2D eigenvalue weighted by Crippen LogP contribution is -2.26. The highest BCUT2D eigenvalue weighted by atomic mass is 32.2. The monoisotopic (exact) mass is 323 g/mol. The zero-order valence-corrected chi connectivity index (χ0v) is 13.6. The van der Waals surface area contributed by atoms with Crippen LogP contribution in [-0.2, 0) is 17.8 Å². The van der Waals surface area contributed by atoms with Gasteiger partial charge in [0.15, 0.2) is 5.16 Å². The summed E-state index contributed by atoms with van der Waals surface area (Å²) >= 11 is 2.71. The number of hydrogen-bond acceptors (Lipinski definition) is 5. The molecule has 0 saturated carbocycles. The van der Waals surface area contributed by atoms with Crippen LogP contribution < -0.4 is 11.3 Å². The number of hydrogen-bond donors (Lipinski definition) is 1. The molecule has 112 valence electrons. The average Bonchev–Trinajstić information content (AvgIpc) is 2.86. The Hall–Kier alpha value is -1.60. The second-order valence-electron chi connectivity index (χ2n) is 4.55. The van der Waals surface area contributed by atoms with Crippen LogP contribution in [0.15, 0.2) is 28.7 Å². The highest BCUT2D eigenvalue weighted by Gasteiger charge is 2.18. The molecule has 2 aromatic heterocycles. The second-order valence-corrected chi connectivity index (χ2v) is 6.97. The summed E-state index contributed by atoms with van der Waals surface area (Å²) in [5.74, 6) is -0.431. The van der Waals surface area contributed by atoms with Crippen molar-refractivity contribution in [1.82, 2.24) is 9.55 Å². The molecule has 0 aliphatic rings. The van der Waals surface area contributed by atoms with Crippen molar-refractivity contribution >= 4 is 39.2 Å². The van der Waals surface area contributed by atoms with Gasteiger partial charge in [-0.05, 0) is 19.4 Å². The molecule has 0 spiro atoms. The number of rotatable bonds is 6. The van der Waals surface area contributed by atoms with Crippen molar-refractivity contribution in [2.75, 3.05) is 0 Å². The minimum absolute atomic E-state index is 0.102. The zero-order chi connectivity index (χ0) is 15.6. The van der Waals surface area contributed by atoms with Gasteiger partial charge in [0.25, 0.3) is 5.56 Å². The zero-order valence-electron chi connectivity index (χ0n) is 12.0. The molecule has 0 saturated heterocycles. The predicted octanol–water partition coefficient (Wildman–Crippen LogP) is 2.17. The first-order valence-electron chi connectivity index (χ1n) is 6.58. The van der Waals surface area contributed by atoms with Crippen LogP contribution in [-0.4, -0.2) is 20.7 Å². The fourth-order valence-electron chi connectivity index (χ4n) is 1.82. The Morgan fingerprint density at radius 3 is 2.95 bits per heavy atom. The highest BCUT2D eigenvalue weighted by molar-refractivity contribution is 8.00. The van der Waals surface area contributed by atoms with Crippen LogP contribution in [0.5, 0.6) is 0 Å². The molecule has 0 bridgehead atoms. The van der Waals surface area contributed by atoms with E-state index in [1.165, 1.54) is 27.7 Å². The van der Waals surface area contributed by atoms with Gasteiger partial charge >= 0.3 is 0 Å². The molecule has 0 aliphatic carbocycles. The van der Waals surface area contributed by atoms with Crippen LogP contribution in [0.25, 0.3) is 10.2 Å². The number of thioether (sulfide) groups is 1. The Labute approximate surface area is 130 Å². The molecule has 2 heterocycles. The molecule has 21 heavy (non-hydrogen) atoms. The quantitative estimate of drug-likeness (QED) is 0.502. The first-order valence-corrected chi connectivity index (χ1v) is 8.27. The number of nitrogens with zero attached hydrogens (tertiary/aromatic N) is 2. The van der Waals surface area contributed by atoms with Crippen molar-refractivity contribution in [1.29, 1.82) is 0 Å². The summed E-state index contributed by atoms with van der Waals surface area (Å²) in [4.78, 5) is 30.2. The molecule has 7 heteroatoms. The van der Waals surface area contributed by atoms with Crippen molar-refractivity contribution in [3.05, 3.63) is 34.0 Å². The van der Waals surface area contributed by atoms with Gasteiger partial charge < -0.3 is 5.73 Å². The molecule has 0 unspecified atom stereocenters. The fraction of sp³-hybridized carbons (Fsp3) is 0.357. The number of allylic oxidation sites excluding steroid dienone is 1. The summed E-state index contributed by atoms with van der Waals surface area (Å²) in [6.07, 6.45) is 2.50. The third-order valence-corrected chi connectivity index (χ3v) is 5.29. The van der Waals surface area contributed by atoms with Crippen LogP contribution in [0.1, 0.15) is 18.7 Å². The standard InChI is InChI=1S/C14H17N3O2S2/c1-4-6-17-13(19)10-7-9(5-2)21-12(10)16-14(17)20-8(3)11(15)18/h4,7-8H,1,5-6H2,2-3H3,(H2,15,18)/t8-/m1/s1. The molecule has 2 rings (SSSR count). The number of fused-ring (bicyclic) bond motifs is 1. The highest BCUT2D eigenvalue weighted by Crippen LogP contribution is 2.26. The second kappa shape index (κ2) is 6.44. The van der Waals surface area contributed by atoms with Gasteiger partial charge in [0.1, 0.15) is 4.83 Å². The van der Waals surface area contributed by atoms with Gasteiger partial charge in [-0.1, -0.05) is 24.8 Å². The third kappa shape index (κ3) is 3.19. The van der Waals surface area contributed by atoms with Crippen LogP contribution in [0, 0.1) is 0 Å². The van der Waals surface area contributed by atoms with E-state index >= 15 is 0 Å².